The maximum absolute atomic E-state index is 15.4. The first-order valence-electron chi connectivity index (χ1n) is 11.6. The monoisotopic (exact) mass is 480 g/mol. The van der Waals surface area contributed by atoms with E-state index in [0.29, 0.717) is 37.2 Å². The smallest absolute Gasteiger partial charge is 0.303 e. The van der Waals surface area contributed by atoms with Crippen LogP contribution in [0.25, 0.3) is 10.9 Å². The molecule has 1 fully saturated rings. The summed E-state index contributed by atoms with van der Waals surface area (Å²) in [6.07, 6.45) is 2.47. The van der Waals surface area contributed by atoms with Crippen LogP contribution in [0.15, 0.2) is 47.3 Å². The normalized spacial score (nSPS) is 19.4. The molecule has 34 heavy (non-hydrogen) atoms. The van der Waals surface area contributed by atoms with Crippen LogP contribution in [0.4, 0.5) is 4.39 Å². The summed E-state index contributed by atoms with van der Waals surface area (Å²) in [6, 6.07) is 9.21. The van der Waals surface area contributed by atoms with E-state index in [1.54, 1.807) is 30.7 Å². The fourth-order valence-corrected chi connectivity index (χ4v) is 5.37. The van der Waals surface area contributed by atoms with Crippen molar-refractivity contribution in [3.63, 3.8) is 0 Å². The molecule has 0 unspecified atom stereocenters. The molecular weight excluding hydrogens is 451 g/mol. The molecule has 1 aliphatic rings. The van der Waals surface area contributed by atoms with E-state index in [4.69, 9.17) is 4.74 Å². The third kappa shape index (κ3) is 6.13. The highest BCUT2D eigenvalue weighted by Gasteiger charge is 2.31. The zero-order chi connectivity index (χ0) is 23.9. The second-order valence-corrected chi connectivity index (χ2v) is 9.56. The number of aromatic nitrogens is 1. The summed E-state index contributed by atoms with van der Waals surface area (Å²) in [7, 11) is 1.59. The second kappa shape index (κ2) is 11.5. The van der Waals surface area contributed by atoms with E-state index in [0.717, 1.165) is 29.4 Å². The maximum atomic E-state index is 15.4. The number of likely N-dealkylation sites (tertiary alicyclic amines) is 1. The number of carboxylic acid groups (broad SMARTS) is 1. The molecular formula is C27H29FN2O3S. The zero-order valence-electron chi connectivity index (χ0n) is 19.2. The molecule has 1 saturated heterocycles. The van der Waals surface area contributed by atoms with Crippen molar-refractivity contribution in [2.75, 3.05) is 26.7 Å². The van der Waals surface area contributed by atoms with Crippen molar-refractivity contribution in [2.45, 2.75) is 31.9 Å². The predicted octanol–water partition coefficient (Wildman–Crippen LogP) is 5.56. The largest absolute Gasteiger partial charge is 0.497 e. The number of piperidine rings is 1. The highest BCUT2D eigenvalue weighted by molar-refractivity contribution is 7.08. The maximum Gasteiger partial charge on any atom is 0.303 e. The molecule has 0 radical (unpaired) electrons. The van der Waals surface area contributed by atoms with Crippen molar-refractivity contribution in [3.8, 4) is 17.6 Å². The van der Waals surface area contributed by atoms with Crippen LogP contribution in [0.2, 0.25) is 0 Å². The second-order valence-electron chi connectivity index (χ2n) is 8.78. The Hall–Kier alpha value is -2.95. The number of carboxylic acids is 1. The molecule has 1 aromatic carbocycles. The minimum absolute atomic E-state index is 0.00400. The number of halogens is 1. The molecule has 0 spiro atoms. The van der Waals surface area contributed by atoms with E-state index >= 15 is 4.39 Å². The lowest BCUT2D eigenvalue weighted by Crippen LogP contribution is -2.41. The highest BCUT2D eigenvalue weighted by Crippen LogP contribution is 2.36. The van der Waals surface area contributed by atoms with Gasteiger partial charge in [-0.3, -0.25) is 14.7 Å². The number of benzene rings is 1. The number of carbonyl (C=O) groups is 1. The van der Waals surface area contributed by atoms with Gasteiger partial charge in [-0.2, -0.15) is 11.3 Å². The molecule has 3 heterocycles. The van der Waals surface area contributed by atoms with Gasteiger partial charge in [0.1, 0.15) is 11.9 Å². The Labute approximate surface area is 203 Å². The zero-order valence-corrected chi connectivity index (χ0v) is 20.1. The van der Waals surface area contributed by atoms with Gasteiger partial charge in [0.2, 0.25) is 0 Å². The average molecular weight is 481 g/mol. The van der Waals surface area contributed by atoms with Gasteiger partial charge in [0, 0.05) is 35.5 Å². The Morgan fingerprint density at radius 3 is 3.00 bits per heavy atom. The summed E-state index contributed by atoms with van der Waals surface area (Å²) in [4.78, 5) is 18.1. The van der Waals surface area contributed by atoms with Crippen molar-refractivity contribution in [1.29, 1.82) is 0 Å². The molecule has 0 amide bonds. The number of ether oxygens (including phenoxy) is 1. The van der Waals surface area contributed by atoms with Crippen molar-refractivity contribution >= 4 is 28.2 Å². The lowest BCUT2D eigenvalue weighted by atomic mass is 9.79. The summed E-state index contributed by atoms with van der Waals surface area (Å²) in [5.74, 6) is 6.41. The molecule has 178 valence electrons. The first-order chi connectivity index (χ1) is 16.5. The molecule has 3 atom stereocenters. The Kier molecular flexibility index (Phi) is 8.15. The van der Waals surface area contributed by atoms with Gasteiger partial charge in [-0.1, -0.05) is 11.8 Å². The minimum atomic E-state index is -1.14. The number of methoxy groups -OCH3 is 1. The van der Waals surface area contributed by atoms with Crippen LogP contribution in [0.3, 0.4) is 0 Å². The van der Waals surface area contributed by atoms with Crippen LogP contribution in [-0.4, -0.2) is 47.7 Å². The van der Waals surface area contributed by atoms with Crippen LogP contribution in [0, 0.1) is 23.7 Å². The van der Waals surface area contributed by atoms with E-state index in [-0.39, 0.29) is 18.3 Å². The summed E-state index contributed by atoms with van der Waals surface area (Å²) < 4.78 is 20.7. The van der Waals surface area contributed by atoms with Gasteiger partial charge in [0.25, 0.3) is 0 Å². The lowest BCUT2D eigenvalue weighted by molar-refractivity contribution is -0.139. The summed E-state index contributed by atoms with van der Waals surface area (Å²) >= 11 is 1.62. The van der Waals surface area contributed by atoms with Crippen LogP contribution in [0.5, 0.6) is 5.75 Å². The van der Waals surface area contributed by atoms with Gasteiger partial charge in [0.15, 0.2) is 0 Å². The van der Waals surface area contributed by atoms with Crippen LogP contribution < -0.4 is 4.74 Å². The van der Waals surface area contributed by atoms with Crippen molar-refractivity contribution in [3.05, 3.63) is 58.4 Å². The first-order valence-corrected chi connectivity index (χ1v) is 12.5. The number of hydrogen-bond donors (Lipinski definition) is 1. The van der Waals surface area contributed by atoms with Crippen LogP contribution >= 0.6 is 11.3 Å². The fourth-order valence-electron chi connectivity index (χ4n) is 4.79. The number of thiophene rings is 1. The Morgan fingerprint density at radius 2 is 2.24 bits per heavy atom. The topological polar surface area (TPSA) is 62.7 Å². The Morgan fingerprint density at radius 1 is 1.35 bits per heavy atom. The van der Waals surface area contributed by atoms with E-state index in [9.17, 15) is 9.90 Å². The molecule has 7 heteroatoms. The van der Waals surface area contributed by atoms with Gasteiger partial charge < -0.3 is 9.84 Å². The standard InChI is InChI=1S/C27H29FN2O3S/c1-33-22-5-7-26-24(16-22)23(8-11-29-26)25(28)6-4-20-9-13-30(17-21(20)15-27(31)32)12-2-3-19-10-14-34-18-19/h5,7-8,10-11,14,16,18,20-21,25H,4,6,9,12-13,15,17H2,1H3,(H,31,32)/t20-,21+,25+/m1/s1. The van der Waals surface area contributed by atoms with E-state index in [1.165, 1.54) is 0 Å². The number of rotatable bonds is 8. The molecule has 0 saturated carbocycles. The summed E-state index contributed by atoms with van der Waals surface area (Å²) in [5.41, 5.74) is 2.36. The average Bonchev–Trinajstić information content (AvgIpc) is 3.36. The molecule has 5 nitrogen and oxygen atoms in total. The third-order valence-corrected chi connectivity index (χ3v) is 7.26. The van der Waals surface area contributed by atoms with Crippen LogP contribution in [0.1, 0.15) is 43.0 Å². The molecule has 3 aromatic rings. The van der Waals surface area contributed by atoms with Gasteiger partial charge in [-0.05, 0) is 78.9 Å². The molecule has 2 aromatic heterocycles. The van der Waals surface area contributed by atoms with E-state index in [1.807, 2.05) is 35.0 Å². The minimum Gasteiger partial charge on any atom is -0.497 e. The summed E-state index contributed by atoms with van der Waals surface area (Å²) in [5, 5.41) is 14.2. The van der Waals surface area contributed by atoms with Gasteiger partial charge >= 0.3 is 5.97 Å². The van der Waals surface area contributed by atoms with Gasteiger partial charge in [-0.15, -0.1) is 0 Å². The number of nitrogens with zero attached hydrogens (tertiary/aromatic N) is 2. The Bertz CT molecular complexity index is 1170. The number of aliphatic carboxylic acids is 1. The molecule has 0 aliphatic carbocycles. The van der Waals surface area contributed by atoms with E-state index in [2.05, 4.69) is 21.7 Å². The Balaban J connectivity index is 1.39. The first kappa shape index (κ1) is 24.2. The number of pyridine rings is 1. The summed E-state index contributed by atoms with van der Waals surface area (Å²) in [6.45, 7) is 2.16. The van der Waals surface area contributed by atoms with Crippen molar-refractivity contribution in [2.24, 2.45) is 11.8 Å². The number of fused-ring (bicyclic) bond motifs is 1. The van der Waals surface area contributed by atoms with E-state index < -0.39 is 12.1 Å². The molecule has 1 aliphatic heterocycles. The predicted molar refractivity (Wildman–Crippen MR) is 133 cm³/mol. The third-order valence-electron chi connectivity index (χ3n) is 6.58. The van der Waals surface area contributed by atoms with Crippen molar-refractivity contribution in [1.82, 2.24) is 9.88 Å². The van der Waals surface area contributed by atoms with Gasteiger partial charge in [-0.25, -0.2) is 4.39 Å². The lowest BCUT2D eigenvalue weighted by Gasteiger charge is -2.37. The van der Waals surface area contributed by atoms with Crippen LogP contribution in [-0.2, 0) is 4.79 Å². The van der Waals surface area contributed by atoms with Crippen molar-refractivity contribution < 1.29 is 19.0 Å². The molecule has 4 rings (SSSR count). The molecule has 0 bridgehead atoms. The quantitative estimate of drug-likeness (QED) is 0.428. The number of alkyl halides is 1. The molecule has 1 N–H and O–H groups in total. The number of hydrogen-bond acceptors (Lipinski definition) is 5. The SMILES string of the molecule is COc1ccc2nccc([C@@H](F)CC[C@@H]3CCN(CC#Cc4ccsc4)C[C@@H]3CC(=O)O)c2c1. The van der Waals surface area contributed by atoms with Gasteiger partial charge in [0.05, 0.1) is 19.2 Å². The highest BCUT2D eigenvalue weighted by atomic mass is 32.1. The fraction of sp³-hybridized carbons (Fsp3) is 0.407.